The molecule has 2 heteroatoms. The molecule has 0 unspecified atom stereocenters. The van der Waals surface area contributed by atoms with E-state index in [1.165, 1.54) is 63.3 Å². The predicted octanol–water partition coefficient (Wildman–Crippen LogP) is 7.20. The van der Waals surface area contributed by atoms with Crippen molar-refractivity contribution in [2.45, 2.75) is 25.7 Å². The van der Waals surface area contributed by atoms with E-state index in [1.807, 2.05) is 12.2 Å². The lowest BCUT2D eigenvalue weighted by molar-refractivity contribution is 0.734. The fraction of sp³-hybridized carbons (Fsp3) is 0.133. The van der Waals surface area contributed by atoms with Crippen molar-refractivity contribution in [2.75, 3.05) is 0 Å². The topological polar surface area (TPSA) is 4.93 Å². The largest absolute Gasteiger partial charge is 0.309 e. The number of nitrogens with zero attached hydrogens (tertiary/aromatic N) is 1. The SMILES string of the molecule is C=C/C=C(\C=C)B1C2=C(CCCC2)c2c1ccc1c3ccccc3n(-c3ccccc3)c21. The summed E-state index contributed by atoms with van der Waals surface area (Å²) in [4.78, 5) is 0. The Bertz CT molecular complexity index is 1450. The quantitative estimate of drug-likeness (QED) is 0.247. The van der Waals surface area contributed by atoms with E-state index in [0.717, 1.165) is 6.42 Å². The second-order valence-electron chi connectivity index (χ2n) is 8.86. The first-order chi connectivity index (χ1) is 15.8. The van der Waals surface area contributed by atoms with Crippen LogP contribution in [-0.2, 0) is 0 Å². The van der Waals surface area contributed by atoms with Gasteiger partial charge in [-0.25, -0.2) is 0 Å². The maximum absolute atomic E-state index is 4.15. The van der Waals surface area contributed by atoms with E-state index in [4.69, 9.17) is 0 Å². The summed E-state index contributed by atoms with van der Waals surface area (Å²) < 4.78 is 2.48. The van der Waals surface area contributed by atoms with Crippen LogP contribution in [0.25, 0.3) is 33.1 Å². The molecule has 0 fully saturated rings. The van der Waals surface area contributed by atoms with Crippen LogP contribution in [0.3, 0.4) is 0 Å². The maximum Gasteiger partial charge on any atom is 0.238 e. The zero-order chi connectivity index (χ0) is 21.7. The van der Waals surface area contributed by atoms with E-state index in [9.17, 15) is 0 Å². The molecule has 6 rings (SSSR count). The summed E-state index contributed by atoms with van der Waals surface area (Å²) in [7, 11) is 0. The Balaban J connectivity index is 1.78. The fourth-order valence-corrected chi connectivity index (χ4v) is 6.00. The highest BCUT2D eigenvalue weighted by Crippen LogP contribution is 2.45. The summed E-state index contributed by atoms with van der Waals surface area (Å²) in [6.07, 6.45) is 10.9. The number of para-hydroxylation sites is 2. The van der Waals surface area contributed by atoms with Crippen molar-refractivity contribution in [3.63, 3.8) is 0 Å². The number of benzene rings is 3. The van der Waals surface area contributed by atoms with E-state index >= 15 is 0 Å². The normalized spacial score (nSPS) is 15.9. The molecule has 0 saturated carbocycles. The maximum atomic E-state index is 4.15. The van der Waals surface area contributed by atoms with E-state index in [1.54, 1.807) is 11.0 Å². The smallest absolute Gasteiger partial charge is 0.238 e. The van der Waals surface area contributed by atoms with Crippen LogP contribution in [0.5, 0.6) is 0 Å². The Kier molecular flexibility index (Phi) is 4.54. The number of hydrogen-bond acceptors (Lipinski definition) is 0. The molecule has 0 radical (unpaired) electrons. The zero-order valence-electron chi connectivity index (χ0n) is 18.4. The molecule has 3 aromatic carbocycles. The highest BCUT2D eigenvalue weighted by molar-refractivity contribution is 6.90. The van der Waals surface area contributed by atoms with Crippen molar-refractivity contribution in [2.24, 2.45) is 0 Å². The number of aromatic nitrogens is 1. The highest BCUT2D eigenvalue weighted by Gasteiger charge is 2.38. The average molecular weight is 411 g/mol. The van der Waals surface area contributed by atoms with Gasteiger partial charge in [-0.05, 0) is 55.0 Å². The van der Waals surface area contributed by atoms with Gasteiger partial charge in [0.1, 0.15) is 0 Å². The van der Waals surface area contributed by atoms with Gasteiger partial charge in [0, 0.05) is 16.5 Å². The van der Waals surface area contributed by atoms with Crippen molar-refractivity contribution >= 4 is 39.6 Å². The van der Waals surface area contributed by atoms with Crippen molar-refractivity contribution in [1.29, 1.82) is 0 Å². The van der Waals surface area contributed by atoms with Gasteiger partial charge in [-0.15, -0.1) is 0 Å². The minimum atomic E-state index is 0.294. The third-order valence-corrected chi connectivity index (χ3v) is 7.23. The number of hydrogen-bond donors (Lipinski definition) is 0. The molecule has 1 aliphatic carbocycles. The standard InChI is InChI=1S/C30H26BN/c1-3-12-21(4-2)31-26-17-10-8-16-25(26)29-27(31)20-19-24-23-15-9-11-18-28(23)32(30(24)29)22-13-6-5-7-14-22/h3-7,9,11-15,18-20H,1-2,8,10,16-17H2/b21-12+. The number of rotatable bonds is 4. The third kappa shape index (κ3) is 2.66. The second kappa shape index (κ2) is 7.56. The molecule has 0 N–H and O–H groups in total. The molecule has 1 aromatic heterocycles. The van der Waals surface area contributed by atoms with Crippen LogP contribution in [0, 0.1) is 0 Å². The minimum Gasteiger partial charge on any atom is -0.309 e. The molecule has 0 amide bonds. The van der Waals surface area contributed by atoms with Crippen molar-refractivity contribution in [3.05, 3.63) is 115 Å². The van der Waals surface area contributed by atoms with Gasteiger partial charge in [0.25, 0.3) is 0 Å². The predicted molar refractivity (Wildman–Crippen MR) is 140 cm³/mol. The van der Waals surface area contributed by atoms with Crippen molar-refractivity contribution < 1.29 is 0 Å². The molecular formula is C30H26BN. The molecule has 2 aliphatic rings. The van der Waals surface area contributed by atoms with E-state index < -0.39 is 0 Å². The van der Waals surface area contributed by atoms with Gasteiger partial charge in [0.05, 0.1) is 11.0 Å². The fourth-order valence-electron chi connectivity index (χ4n) is 6.00. The van der Waals surface area contributed by atoms with Crippen LogP contribution < -0.4 is 5.46 Å². The van der Waals surface area contributed by atoms with Gasteiger partial charge in [0.15, 0.2) is 0 Å². The first-order valence-corrected chi connectivity index (χ1v) is 11.6. The number of fused-ring (bicyclic) bond motifs is 6. The molecular weight excluding hydrogens is 385 g/mol. The van der Waals surface area contributed by atoms with E-state index in [0.29, 0.717) is 6.71 Å². The van der Waals surface area contributed by atoms with Crippen LogP contribution in [0.15, 0.2) is 109 Å². The summed E-state index contributed by atoms with van der Waals surface area (Å²) in [6, 6.07) is 24.4. The lowest BCUT2D eigenvalue weighted by atomic mass is 9.36. The Hall–Kier alpha value is -3.52. The summed E-state index contributed by atoms with van der Waals surface area (Å²) in [5.74, 6) is 0. The van der Waals surface area contributed by atoms with Gasteiger partial charge >= 0.3 is 0 Å². The van der Waals surface area contributed by atoms with E-state index in [2.05, 4.69) is 90.5 Å². The molecule has 1 nitrogen and oxygen atoms in total. The lowest BCUT2D eigenvalue weighted by Gasteiger charge is -2.19. The lowest BCUT2D eigenvalue weighted by Crippen LogP contribution is -2.32. The van der Waals surface area contributed by atoms with Crippen molar-refractivity contribution in [3.8, 4) is 5.69 Å². The van der Waals surface area contributed by atoms with Crippen LogP contribution in [-0.4, -0.2) is 11.3 Å². The first kappa shape index (κ1) is 19.2. The summed E-state index contributed by atoms with van der Waals surface area (Å²) in [6.45, 7) is 8.42. The third-order valence-electron chi connectivity index (χ3n) is 7.23. The van der Waals surface area contributed by atoms with Crippen LogP contribution >= 0.6 is 0 Å². The average Bonchev–Trinajstić information content (AvgIpc) is 3.36. The Labute approximate surface area is 190 Å². The Morgan fingerprint density at radius 3 is 2.44 bits per heavy atom. The second-order valence-corrected chi connectivity index (χ2v) is 8.86. The zero-order valence-corrected chi connectivity index (χ0v) is 18.4. The van der Waals surface area contributed by atoms with Crippen LogP contribution in [0.2, 0.25) is 0 Å². The van der Waals surface area contributed by atoms with Crippen molar-refractivity contribution in [1.82, 2.24) is 4.57 Å². The highest BCUT2D eigenvalue weighted by atomic mass is 15.0. The molecule has 32 heavy (non-hydrogen) atoms. The first-order valence-electron chi connectivity index (χ1n) is 11.6. The summed E-state index contributed by atoms with van der Waals surface area (Å²) >= 11 is 0. The van der Waals surface area contributed by atoms with E-state index in [-0.39, 0.29) is 0 Å². The molecule has 4 aromatic rings. The van der Waals surface area contributed by atoms with Gasteiger partial charge < -0.3 is 4.57 Å². The Morgan fingerprint density at radius 2 is 1.62 bits per heavy atom. The van der Waals surface area contributed by atoms with Gasteiger partial charge in [-0.3, -0.25) is 0 Å². The Morgan fingerprint density at radius 1 is 0.844 bits per heavy atom. The summed E-state index contributed by atoms with van der Waals surface area (Å²) in [5, 5.41) is 2.66. The molecule has 0 bridgehead atoms. The molecule has 0 spiro atoms. The van der Waals surface area contributed by atoms with Gasteiger partial charge in [0.2, 0.25) is 6.71 Å². The molecule has 0 saturated heterocycles. The molecule has 0 atom stereocenters. The minimum absolute atomic E-state index is 0.294. The monoisotopic (exact) mass is 411 g/mol. The van der Waals surface area contributed by atoms with Gasteiger partial charge in [-0.1, -0.05) is 96.3 Å². The molecule has 1 aliphatic heterocycles. The van der Waals surface area contributed by atoms with Crippen LogP contribution in [0.4, 0.5) is 0 Å². The number of allylic oxidation sites excluding steroid dienone is 6. The molecule has 154 valence electrons. The summed E-state index contributed by atoms with van der Waals surface area (Å²) in [5.41, 5.74) is 11.2. The molecule has 2 heterocycles. The van der Waals surface area contributed by atoms with Crippen LogP contribution in [0.1, 0.15) is 31.2 Å². The van der Waals surface area contributed by atoms with Gasteiger partial charge in [-0.2, -0.15) is 0 Å².